The predicted octanol–water partition coefficient (Wildman–Crippen LogP) is 3.27. The second-order valence-corrected chi connectivity index (χ2v) is 6.86. The number of nitrogens with zero attached hydrogens (tertiary/aromatic N) is 1. The Kier molecular flexibility index (Phi) is 6.25. The minimum Gasteiger partial charge on any atom is -0.467 e. The maximum atomic E-state index is 13.2. The van der Waals surface area contributed by atoms with Crippen LogP contribution in [0, 0.1) is 19.8 Å². The number of ether oxygens (including phenoxy) is 1. The van der Waals surface area contributed by atoms with Crippen molar-refractivity contribution in [3.63, 3.8) is 0 Å². The summed E-state index contributed by atoms with van der Waals surface area (Å²) in [6.45, 7) is 8.88. The number of esters is 1. The summed E-state index contributed by atoms with van der Waals surface area (Å²) in [6.07, 6.45) is 1.53. The molecule has 1 N–H and O–H groups in total. The first kappa shape index (κ1) is 20.5. The Balaban J connectivity index is 2.38. The molecule has 0 spiro atoms. The van der Waals surface area contributed by atoms with Gasteiger partial charge in [-0.2, -0.15) is 0 Å². The van der Waals surface area contributed by atoms with E-state index in [4.69, 9.17) is 9.15 Å². The predicted molar refractivity (Wildman–Crippen MR) is 99.5 cm³/mol. The molecule has 0 aliphatic carbocycles. The monoisotopic (exact) mass is 374 g/mol. The van der Waals surface area contributed by atoms with Crippen molar-refractivity contribution < 1.29 is 23.5 Å². The molecule has 1 amide bonds. The molecule has 0 aliphatic rings. The number of aryl methyl sites for hydroxylation is 1. The Hall–Kier alpha value is -2.83. The van der Waals surface area contributed by atoms with Crippen molar-refractivity contribution in [1.29, 1.82) is 0 Å². The highest BCUT2D eigenvalue weighted by molar-refractivity contribution is 6.06. The van der Waals surface area contributed by atoms with E-state index in [1.54, 1.807) is 46.8 Å². The molecule has 1 atom stereocenters. The molecular formula is C20H26N2O5. The van der Waals surface area contributed by atoms with Crippen LogP contribution in [0.25, 0.3) is 0 Å². The summed E-state index contributed by atoms with van der Waals surface area (Å²) in [6, 6.07) is 2.78. The van der Waals surface area contributed by atoms with E-state index in [0.29, 0.717) is 22.6 Å². The zero-order valence-electron chi connectivity index (χ0n) is 16.6. The van der Waals surface area contributed by atoms with Crippen LogP contribution in [0.15, 0.2) is 22.8 Å². The molecular weight excluding hydrogens is 348 g/mol. The molecule has 146 valence electrons. The second-order valence-electron chi connectivity index (χ2n) is 6.86. The van der Waals surface area contributed by atoms with Crippen LogP contribution in [0.5, 0.6) is 0 Å². The SMILES string of the molecule is COC(=O)c1[nH]c(C)c(C(=O)C(C)N(Cc2ccco2)C(=O)C(C)C)c1C. The molecule has 0 bridgehead atoms. The van der Waals surface area contributed by atoms with Gasteiger partial charge in [-0.05, 0) is 38.5 Å². The van der Waals surface area contributed by atoms with Crippen molar-refractivity contribution in [1.82, 2.24) is 9.88 Å². The lowest BCUT2D eigenvalue weighted by Crippen LogP contribution is -2.44. The van der Waals surface area contributed by atoms with Crippen molar-refractivity contribution in [2.24, 2.45) is 5.92 Å². The van der Waals surface area contributed by atoms with Gasteiger partial charge in [-0.15, -0.1) is 0 Å². The van der Waals surface area contributed by atoms with Gasteiger partial charge in [0.1, 0.15) is 11.5 Å². The van der Waals surface area contributed by atoms with Crippen LogP contribution in [-0.4, -0.2) is 40.7 Å². The molecule has 2 aromatic rings. The maximum Gasteiger partial charge on any atom is 0.354 e. The number of hydrogen-bond acceptors (Lipinski definition) is 5. The fraction of sp³-hybridized carbons (Fsp3) is 0.450. The minimum atomic E-state index is -0.719. The number of amides is 1. The maximum absolute atomic E-state index is 13.2. The number of carbonyl (C=O) groups excluding carboxylic acids is 3. The number of aromatic amines is 1. The summed E-state index contributed by atoms with van der Waals surface area (Å²) < 4.78 is 10.1. The zero-order chi connectivity index (χ0) is 20.3. The van der Waals surface area contributed by atoms with Crippen LogP contribution < -0.4 is 0 Å². The van der Waals surface area contributed by atoms with E-state index in [1.165, 1.54) is 18.3 Å². The summed E-state index contributed by atoms with van der Waals surface area (Å²) in [7, 11) is 1.29. The van der Waals surface area contributed by atoms with E-state index < -0.39 is 12.0 Å². The molecule has 1 unspecified atom stereocenters. The molecule has 0 aliphatic heterocycles. The van der Waals surface area contributed by atoms with E-state index in [2.05, 4.69) is 4.98 Å². The zero-order valence-corrected chi connectivity index (χ0v) is 16.6. The smallest absolute Gasteiger partial charge is 0.354 e. The third kappa shape index (κ3) is 4.13. The van der Waals surface area contributed by atoms with E-state index >= 15 is 0 Å². The molecule has 2 aromatic heterocycles. The van der Waals surface area contributed by atoms with Crippen molar-refractivity contribution in [2.75, 3.05) is 7.11 Å². The van der Waals surface area contributed by atoms with Gasteiger partial charge in [0, 0.05) is 17.2 Å². The van der Waals surface area contributed by atoms with Crippen molar-refractivity contribution in [3.8, 4) is 0 Å². The van der Waals surface area contributed by atoms with Crippen molar-refractivity contribution in [3.05, 3.63) is 46.7 Å². The van der Waals surface area contributed by atoms with Gasteiger partial charge in [-0.1, -0.05) is 13.8 Å². The average molecular weight is 374 g/mol. The molecule has 0 radical (unpaired) electrons. The molecule has 0 saturated carbocycles. The number of H-pyrrole nitrogens is 1. The Morgan fingerprint density at radius 1 is 1.22 bits per heavy atom. The number of Topliss-reactive ketones (excluding diaryl/α,β-unsaturated/α-hetero) is 1. The van der Waals surface area contributed by atoms with Gasteiger partial charge in [0.25, 0.3) is 0 Å². The lowest BCUT2D eigenvalue weighted by molar-refractivity contribution is -0.136. The lowest BCUT2D eigenvalue weighted by atomic mass is 9.99. The van der Waals surface area contributed by atoms with Gasteiger partial charge in [0.05, 0.1) is 26.0 Å². The number of hydrogen-bond donors (Lipinski definition) is 1. The first-order chi connectivity index (χ1) is 12.7. The van der Waals surface area contributed by atoms with Gasteiger partial charge in [-0.25, -0.2) is 4.79 Å². The number of nitrogens with one attached hydrogen (secondary N) is 1. The number of rotatable bonds is 7. The second kappa shape index (κ2) is 8.24. The Labute approximate surface area is 158 Å². The molecule has 0 saturated heterocycles. The number of methoxy groups -OCH3 is 1. The molecule has 2 rings (SSSR count). The molecule has 2 heterocycles. The van der Waals surface area contributed by atoms with E-state index in [-0.39, 0.29) is 29.8 Å². The molecule has 0 fully saturated rings. The van der Waals surface area contributed by atoms with Gasteiger partial charge < -0.3 is 19.0 Å². The highest BCUT2D eigenvalue weighted by atomic mass is 16.5. The average Bonchev–Trinajstić information content (AvgIpc) is 3.24. The topological polar surface area (TPSA) is 92.6 Å². The summed E-state index contributed by atoms with van der Waals surface area (Å²) in [5, 5.41) is 0. The summed E-state index contributed by atoms with van der Waals surface area (Å²) >= 11 is 0. The number of aromatic nitrogens is 1. The van der Waals surface area contributed by atoms with Crippen molar-refractivity contribution >= 4 is 17.7 Å². The first-order valence-electron chi connectivity index (χ1n) is 8.83. The Morgan fingerprint density at radius 2 is 1.89 bits per heavy atom. The van der Waals surface area contributed by atoms with Crippen LogP contribution in [0.4, 0.5) is 0 Å². The third-order valence-corrected chi connectivity index (χ3v) is 4.60. The number of ketones is 1. The Bertz CT molecular complexity index is 833. The largest absolute Gasteiger partial charge is 0.467 e. The molecule has 7 heteroatoms. The first-order valence-corrected chi connectivity index (χ1v) is 8.83. The van der Waals surface area contributed by atoms with Gasteiger partial charge in [0.2, 0.25) is 5.91 Å². The van der Waals surface area contributed by atoms with Crippen LogP contribution in [0.2, 0.25) is 0 Å². The van der Waals surface area contributed by atoms with E-state index in [0.717, 1.165) is 0 Å². The third-order valence-electron chi connectivity index (χ3n) is 4.60. The normalized spacial score (nSPS) is 12.1. The fourth-order valence-corrected chi connectivity index (χ4v) is 3.08. The Morgan fingerprint density at radius 3 is 2.41 bits per heavy atom. The highest BCUT2D eigenvalue weighted by Crippen LogP contribution is 2.23. The van der Waals surface area contributed by atoms with Gasteiger partial charge >= 0.3 is 5.97 Å². The van der Waals surface area contributed by atoms with Crippen LogP contribution in [0.1, 0.15) is 58.6 Å². The quantitative estimate of drug-likeness (QED) is 0.593. The van der Waals surface area contributed by atoms with Crippen LogP contribution >= 0.6 is 0 Å². The van der Waals surface area contributed by atoms with E-state index in [9.17, 15) is 14.4 Å². The van der Waals surface area contributed by atoms with Gasteiger partial charge in [-0.3, -0.25) is 9.59 Å². The number of carbonyl (C=O) groups is 3. The summed E-state index contributed by atoms with van der Waals surface area (Å²) in [5.74, 6) is -0.591. The summed E-state index contributed by atoms with van der Waals surface area (Å²) in [4.78, 5) is 42.3. The molecule has 27 heavy (non-hydrogen) atoms. The molecule has 7 nitrogen and oxygen atoms in total. The van der Waals surface area contributed by atoms with Gasteiger partial charge in [0.15, 0.2) is 5.78 Å². The highest BCUT2D eigenvalue weighted by Gasteiger charge is 2.32. The number of furan rings is 1. The van der Waals surface area contributed by atoms with E-state index in [1.807, 2.05) is 0 Å². The minimum absolute atomic E-state index is 0.147. The lowest BCUT2D eigenvalue weighted by Gasteiger charge is -2.29. The standard InChI is InChI=1S/C20H26N2O5/c1-11(2)19(24)22(10-15-8-7-9-27-15)14(5)18(23)16-12(3)17(20(25)26-6)21-13(16)4/h7-9,11,14,21H,10H2,1-6H3. The van der Waals surface area contributed by atoms with Crippen molar-refractivity contribution in [2.45, 2.75) is 47.2 Å². The van der Waals surface area contributed by atoms with Crippen LogP contribution in [0.3, 0.4) is 0 Å². The summed E-state index contributed by atoms with van der Waals surface area (Å²) in [5.41, 5.74) is 1.74. The fourth-order valence-electron chi connectivity index (χ4n) is 3.08. The van der Waals surface area contributed by atoms with Crippen LogP contribution in [-0.2, 0) is 16.1 Å². The molecule has 0 aromatic carbocycles.